The van der Waals surface area contributed by atoms with Gasteiger partial charge in [0, 0.05) is 23.6 Å². The molecule has 0 aromatic rings. The smallest absolute Gasteiger partial charge is 0.0149 e. The second-order valence-electron chi connectivity index (χ2n) is 3.59. The molecule has 1 fully saturated rings. The van der Waals surface area contributed by atoms with E-state index in [1.807, 2.05) is 0 Å². The molecule has 0 radical (unpaired) electrons. The van der Waals surface area contributed by atoms with Crippen LogP contribution < -0.4 is 0 Å². The van der Waals surface area contributed by atoms with Crippen LogP contribution in [0.1, 0.15) is 20.3 Å². The van der Waals surface area contributed by atoms with Crippen LogP contribution in [0.15, 0.2) is 0 Å². The van der Waals surface area contributed by atoms with Crippen molar-refractivity contribution in [2.75, 3.05) is 25.4 Å². The highest BCUT2D eigenvalue weighted by atomic mass is 32.2. The van der Waals surface area contributed by atoms with Gasteiger partial charge in [-0.05, 0) is 18.7 Å². The molecule has 0 N–H and O–H groups in total. The summed E-state index contributed by atoms with van der Waals surface area (Å²) in [5.74, 6) is 1.02. The molecule has 1 aliphatic rings. The molecule has 0 aromatic carbocycles. The maximum absolute atomic E-state index is 4.23. The van der Waals surface area contributed by atoms with Gasteiger partial charge < -0.3 is 4.90 Å². The lowest BCUT2D eigenvalue weighted by Gasteiger charge is -2.34. The molecule has 3 heteroatoms. The number of thioether (sulfide) groups is 1. The molecule has 0 saturated carbocycles. The monoisotopic (exact) mass is 205 g/mol. The van der Waals surface area contributed by atoms with Crippen LogP contribution in [0.25, 0.3) is 0 Å². The average molecular weight is 205 g/mol. The summed E-state index contributed by atoms with van der Waals surface area (Å²) in [5.41, 5.74) is 0. The van der Waals surface area contributed by atoms with Crippen LogP contribution in [-0.4, -0.2) is 40.8 Å². The first kappa shape index (κ1) is 10.7. The molecule has 2 unspecified atom stereocenters. The van der Waals surface area contributed by atoms with Crippen molar-refractivity contribution in [2.24, 2.45) is 0 Å². The Balaban J connectivity index is 2.24. The first-order valence-corrected chi connectivity index (χ1v) is 6.28. The lowest BCUT2D eigenvalue weighted by Crippen LogP contribution is -2.40. The van der Waals surface area contributed by atoms with E-state index in [0.717, 1.165) is 16.3 Å². The van der Waals surface area contributed by atoms with Gasteiger partial charge >= 0.3 is 0 Å². The van der Waals surface area contributed by atoms with Gasteiger partial charge in [0.1, 0.15) is 0 Å². The summed E-state index contributed by atoms with van der Waals surface area (Å²) in [5, 5.41) is 1.63. The topological polar surface area (TPSA) is 3.24 Å². The molecule has 1 nitrogen and oxygen atoms in total. The summed E-state index contributed by atoms with van der Waals surface area (Å²) in [7, 11) is 0. The van der Waals surface area contributed by atoms with Gasteiger partial charge in [-0.25, -0.2) is 0 Å². The number of thiol groups is 1. The molecule has 2 atom stereocenters. The average Bonchev–Trinajstić information content (AvgIpc) is 1.99. The first-order chi connectivity index (χ1) is 5.72. The van der Waals surface area contributed by atoms with Crippen molar-refractivity contribution in [3.05, 3.63) is 0 Å². The Morgan fingerprint density at radius 3 is 2.42 bits per heavy atom. The molecule has 72 valence electrons. The Morgan fingerprint density at radius 1 is 1.33 bits per heavy atom. The Kier molecular flexibility index (Phi) is 4.84. The van der Waals surface area contributed by atoms with Gasteiger partial charge in [-0.1, -0.05) is 13.8 Å². The van der Waals surface area contributed by atoms with E-state index in [4.69, 9.17) is 0 Å². The van der Waals surface area contributed by atoms with Gasteiger partial charge in [0.25, 0.3) is 0 Å². The maximum Gasteiger partial charge on any atom is 0.0149 e. The summed E-state index contributed by atoms with van der Waals surface area (Å²) in [4.78, 5) is 2.57. The fraction of sp³-hybridized carbons (Fsp3) is 1.00. The van der Waals surface area contributed by atoms with Crippen molar-refractivity contribution in [3.63, 3.8) is 0 Å². The molecule has 12 heavy (non-hydrogen) atoms. The Labute approximate surface area is 85.7 Å². The van der Waals surface area contributed by atoms with E-state index >= 15 is 0 Å². The Morgan fingerprint density at radius 2 is 1.92 bits per heavy atom. The Bertz CT molecular complexity index is 120. The number of hydrogen-bond donors (Lipinski definition) is 1. The molecule has 1 aliphatic heterocycles. The largest absolute Gasteiger partial charge is 0.301 e. The van der Waals surface area contributed by atoms with Crippen molar-refractivity contribution >= 4 is 24.4 Å². The summed E-state index contributed by atoms with van der Waals surface area (Å²) >= 11 is 6.35. The number of nitrogens with zero attached hydrogens (tertiary/aromatic N) is 1. The molecule has 1 heterocycles. The van der Waals surface area contributed by atoms with Crippen LogP contribution in [-0.2, 0) is 0 Å². The first-order valence-electron chi connectivity index (χ1n) is 4.71. The minimum absolute atomic E-state index is 0.814. The quantitative estimate of drug-likeness (QED) is 0.703. The van der Waals surface area contributed by atoms with Gasteiger partial charge in [-0.2, -0.15) is 24.4 Å². The van der Waals surface area contributed by atoms with Crippen molar-refractivity contribution in [2.45, 2.75) is 30.8 Å². The third-order valence-corrected chi connectivity index (χ3v) is 3.67. The van der Waals surface area contributed by atoms with Crippen molar-refractivity contribution < 1.29 is 0 Å². The second-order valence-corrected chi connectivity index (χ2v) is 5.92. The van der Waals surface area contributed by atoms with Gasteiger partial charge in [0.05, 0.1) is 0 Å². The van der Waals surface area contributed by atoms with Gasteiger partial charge in [-0.15, -0.1) is 0 Å². The molecular formula is C9H19NS2. The van der Waals surface area contributed by atoms with E-state index < -0.39 is 0 Å². The molecule has 0 amide bonds. The molecule has 0 bridgehead atoms. The van der Waals surface area contributed by atoms with E-state index in [2.05, 4.69) is 43.1 Å². The van der Waals surface area contributed by atoms with Crippen LogP contribution in [0.4, 0.5) is 0 Å². The summed E-state index contributed by atoms with van der Waals surface area (Å²) in [6.07, 6.45) is 1.23. The maximum atomic E-state index is 4.23. The zero-order chi connectivity index (χ0) is 8.97. The Hall–Kier alpha value is 0.660. The molecular weight excluding hydrogens is 186 g/mol. The van der Waals surface area contributed by atoms with E-state index in [1.165, 1.54) is 26.1 Å². The van der Waals surface area contributed by atoms with Crippen molar-refractivity contribution in [1.29, 1.82) is 0 Å². The summed E-state index contributed by atoms with van der Waals surface area (Å²) in [6.45, 7) is 8.42. The number of rotatable bonds is 3. The van der Waals surface area contributed by atoms with Gasteiger partial charge in [0.15, 0.2) is 0 Å². The van der Waals surface area contributed by atoms with Gasteiger partial charge in [0.2, 0.25) is 0 Å². The fourth-order valence-electron chi connectivity index (χ4n) is 1.76. The van der Waals surface area contributed by atoms with Crippen LogP contribution in [0, 0.1) is 0 Å². The lowest BCUT2D eigenvalue weighted by atomic mass is 10.3. The summed E-state index contributed by atoms with van der Waals surface area (Å²) < 4.78 is 0. The highest BCUT2D eigenvalue weighted by Crippen LogP contribution is 2.24. The van der Waals surface area contributed by atoms with Crippen LogP contribution in [0.3, 0.4) is 0 Å². The predicted molar refractivity (Wildman–Crippen MR) is 61.4 cm³/mol. The van der Waals surface area contributed by atoms with E-state index in [1.54, 1.807) is 0 Å². The molecule has 0 aliphatic carbocycles. The second kappa shape index (κ2) is 5.40. The predicted octanol–water partition coefficient (Wildman–Crippen LogP) is 2.13. The third-order valence-electron chi connectivity index (χ3n) is 2.13. The highest BCUT2D eigenvalue weighted by Gasteiger charge is 2.21. The molecule has 0 spiro atoms. The minimum Gasteiger partial charge on any atom is -0.301 e. The van der Waals surface area contributed by atoms with Crippen molar-refractivity contribution in [3.8, 4) is 0 Å². The normalized spacial score (nSPS) is 32.2. The molecule has 0 aromatic heterocycles. The summed E-state index contributed by atoms with van der Waals surface area (Å²) in [6, 6.07) is 0. The molecule has 1 saturated heterocycles. The third kappa shape index (κ3) is 3.58. The zero-order valence-corrected chi connectivity index (χ0v) is 9.70. The van der Waals surface area contributed by atoms with E-state index in [0.29, 0.717) is 0 Å². The highest BCUT2D eigenvalue weighted by molar-refractivity contribution is 8.00. The van der Waals surface area contributed by atoms with Crippen molar-refractivity contribution in [1.82, 2.24) is 4.90 Å². The molecule has 1 rings (SSSR count). The van der Waals surface area contributed by atoms with E-state index in [-0.39, 0.29) is 0 Å². The standard InChI is InChI=1S/C9H19NS2/c1-8-6-10(4-3-5-11)7-9(2)12-8/h8-9,11H,3-7H2,1-2H3. The fourth-order valence-corrected chi connectivity index (χ4v) is 3.29. The van der Waals surface area contributed by atoms with Crippen LogP contribution in [0.5, 0.6) is 0 Å². The van der Waals surface area contributed by atoms with Crippen LogP contribution >= 0.6 is 24.4 Å². The van der Waals surface area contributed by atoms with Crippen LogP contribution in [0.2, 0.25) is 0 Å². The SMILES string of the molecule is CC1CN(CCCS)CC(C)S1. The lowest BCUT2D eigenvalue weighted by molar-refractivity contribution is 0.272. The van der Waals surface area contributed by atoms with Gasteiger partial charge in [-0.3, -0.25) is 0 Å². The van der Waals surface area contributed by atoms with E-state index in [9.17, 15) is 0 Å². The number of hydrogen-bond acceptors (Lipinski definition) is 3. The zero-order valence-electron chi connectivity index (χ0n) is 7.99. The minimum atomic E-state index is 0.814.